The second-order valence-electron chi connectivity index (χ2n) is 4.69. The summed E-state index contributed by atoms with van der Waals surface area (Å²) >= 11 is 5.37. The standard InChI is InChI=1S/C12H18BrNS/c1-9-3-4-10(2)14(6-9)7-12-5-11(13)8-15-12/h5,8-10H,3-4,6-7H2,1-2H3. The minimum absolute atomic E-state index is 0.752. The summed E-state index contributed by atoms with van der Waals surface area (Å²) in [6, 6.07) is 3.00. The maximum Gasteiger partial charge on any atom is 0.0331 e. The van der Waals surface area contributed by atoms with E-state index in [0.29, 0.717) is 0 Å². The van der Waals surface area contributed by atoms with E-state index in [-0.39, 0.29) is 0 Å². The van der Waals surface area contributed by atoms with Crippen molar-refractivity contribution < 1.29 is 0 Å². The average molecular weight is 288 g/mol. The number of hydrogen-bond donors (Lipinski definition) is 0. The van der Waals surface area contributed by atoms with Crippen LogP contribution in [0.3, 0.4) is 0 Å². The van der Waals surface area contributed by atoms with E-state index in [9.17, 15) is 0 Å². The Bertz CT molecular complexity index is 323. The fraction of sp³-hybridized carbons (Fsp3) is 0.667. The van der Waals surface area contributed by atoms with Gasteiger partial charge in [-0.25, -0.2) is 0 Å². The van der Waals surface area contributed by atoms with Crippen molar-refractivity contribution in [2.75, 3.05) is 6.54 Å². The van der Waals surface area contributed by atoms with Gasteiger partial charge in [0.05, 0.1) is 0 Å². The molecule has 1 saturated heterocycles. The Kier molecular flexibility index (Phi) is 3.86. The molecule has 1 aliphatic rings. The summed E-state index contributed by atoms with van der Waals surface area (Å²) in [5.74, 6) is 0.865. The second kappa shape index (κ2) is 4.98. The quantitative estimate of drug-likeness (QED) is 0.791. The normalized spacial score (nSPS) is 28.2. The van der Waals surface area contributed by atoms with Crippen LogP contribution in [-0.4, -0.2) is 17.5 Å². The third-order valence-electron chi connectivity index (χ3n) is 3.23. The monoisotopic (exact) mass is 287 g/mol. The maximum absolute atomic E-state index is 3.52. The summed E-state index contributed by atoms with van der Waals surface area (Å²) < 4.78 is 1.22. The van der Waals surface area contributed by atoms with E-state index in [1.807, 2.05) is 11.3 Å². The third kappa shape index (κ3) is 3.05. The molecule has 1 fully saturated rings. The van der Waals surface area contributed by atoms with Crippen molar-refractivity contribution in [1.29, 1.82) is 0 Å². The highest BCUT2D eigenvalue weighted by Gasteiger charge is 2.22. The van der Waals surface area contributed by atoms with Gasteiger partial charge in [0, 0.05) is 33.9 Å². The van der Waals surface area contributed by atoms with Crippen LogP contribution in [-0.2, 0) is 6.54 Å². The van der Waals surface area contributed by atoms with Gasteiger partial charge in [-0.3, -0.25) is 4.90 Å². The van der Waals surface area contributed by atoms with E-state index in [1.54, 1.807) is 0 Å². The van der Waals surface area contributed by atoms with Gasteiger partial charge in [-0.05, 0) is 47.7 Å². The van der Waals surface area contributed by atoms with Crippen LogP contribution < -0.4 is 0 Å². The van der Waals surface area contributed by atoms with Gasteiger partial charge in [0.2, 0.25) is 0 Å². The molecule has 0 spiro atoms. The van der Waals surface area contributed by atoms with Crippen LogP contribution in [0.1, 0.15) is 31.6 Å². The lowest BCUT2D eigenvalue weighted by Gasteiger charge is -2.36. The Labute approximate surface area is 105 Å². The molecule has 0 N–H and O–H groups in total. The predicted molar refractivity (Wildman–Crippen MR) is 70.3 cm³/mol. The Balaban J connectivity index is 1.98. The molecule has 1 aromatic heterocycles. The van der Waals surface area contributed by atoms with Crippen LogP contribution in [0, 0.1) is 5.92 Å². The largest absolute Gasteiger partial charge is 0.295 e. The first-order chi connectivity index (χ1) is 7.15. The van der Waals surface area contributed by atoms with E-state index in [1.165, 1.54) is 28.7 Å². The molecule has 0 amide bonds. The summed E-state index contributed by atoms with van der Waals surface area (Å²) in [6.07, 6.45) is 2.75. The number of rotatable bonds is 2. The van der Waals surface area contributed by atoms with Gasteiger partial charge in [0.15, 0.2) is 0 Å². The third-order valence-corrected chi connectivity index (χ3v) is 4.91. The van der Waals surface area contributed by atoms with Crippen molar-refractivity contribution in [2.45, 2.75) is 39.3 Å². The zero-order valence-electron chi connectivity index (χ0n) is 9.37. The predicted octanol–water partition coefficient (Wildman–Crippen LogP) is 4.13. The average Bonchev–Trinajstić information content (AvgIpc) is 2.58. The number of thiophene rings is 1. The number of halogens is 1. The Hall–Kier alpha value is 0.140. The molecule has 0 bridgehead atoms. The Morgan fingerprint density at radius 1 is 1.47 bits per heavy atom. The van der Waals surface area contributed by atoms with Crippen molar-refractivity contribution in [3.05, 3.63) is 20.8 Å². The van der Waals surface area contributed by atoms with Crippen molar-refractivity contribution >= 4 is 27.3 Å². The molecule has 0 aliphatic carbocycles. The van der Waals surface area contributed by atoms with E-state index in [2.05, 4.69) is 46.1 Å². The van der Waals surface area contributed by atoms with Crippen LogP contribution >= 0.6 is 27.3 Å². The van der Waals surface area contributed by atoms with E-state index in [4.69, 9.17) is 0 Å². The molecule has 0 radical (unpaired) electrons. The molecule has 1 aliphatic heterocycles. The molecule has 0 aromatic carbocycles. The number of piperidine rings is 1. The summed E-state index contributed by atoms with van der Waals surface area (Å²) in [6.45, 7) is 7.11. The van der Waals surface area contributed by atoms with Crippen LogP contribution in [0.15, 0.2) is 15.9 Å². The zero-order chi connectivity index (χ0) is 10.8. The maximum atomic E-state index is 3.52. The minimum Gasteiger partial charge on any atom is -0.295 e. The highest BCUT2D eigenvalue weighted by Crippen LogP contribution is 2.26. The lowest BCUT2D eigenvalue weighted by Crippen LogP contribution is -2.40. The first kappa shape index (κ1) is 11.6. The minimum atomic E-state index is 0.752. The Morgan fingerprint density at radius 3 is 2.93 bits per heavy atom. The molecule has 15 heavy (non-hydrogen) atoms. The lowest BCUT2D eigenvalue weighted by molar-refractivity contribution is 0.118. The van der Waals surface area contributed by atoms with E-state index < -0.39 is 0 Å². The van der Waals surface area contributed by atoms with Crippen molar-refractivity contribution in [3.8, 4) is 0 Å². The summed E-state index contributed by atoms with van der Waals surface area (Å²) in [4.78, 5) is 4.09. The summed E-state index contributed by atoms with van der Waals surface area (Å²) in [7, 11) is 0. The molecule has 2 heterocycles. The molecule has 2 rings (SSSR count). The fourth-order valence-corrected chi connectivity index (χ4v) is 3.71. The molecule has 1 aromatic rings. The Morgan fingerprint density at radius 2 is 2.27 bits per heavy atom. The number of nitrogens with zero attached hydrogens (tertiary/aromatic N) is 1. The topological polar surface area (TPSA) is 3.24 Å². The van der Waals surface area contributed by atoms with E-state index in [0.717, 1.165) is 18.5 Å². The molecule has 3 heteroatoms. The van der Waals surface area contributed by atoms with Gasteiger partial charge in [0.25, 0.3) is 0 Å². The molecule has 2 atom stereocenters. The summed E-state index contributed by atoms with van der Waals surface area (Å²) in [5.41, 5.74) is 0. The first-order valence-electron chi connectivity index (χ1n) is 5.62. The van der Waals surface area contributed by atoms with Crippen LogP contribution in [0.5, 0.6) is 0 Å². The number of likely N-dealkylation sites (tertiary alicyclic amines) is 1. The SMILES string of the molecule is CC1CCC(C)N(Cc2cc(Br)cs2)C1. The zero-order valence-corrected chi connectivity index (χ0v) is 11.8. The first-order valence-corrected chi connectivity index (χ1v) is 7.29. The molecule has 1 nitrogen and oxygen atoms in total. The molecule has 0 saturated carbocycles. The van der Waals surface area contributed by atoms with Gasteiger partial charge in [-0.2, -0.15) is 0 Å². The van der Waals surface area contributed by atoms with Crippen molar-refractivity contribution in [1.82, 2.24) is 4.90 Å². The van der Waals surface area contributed by atoms with Crippen LogP contribution in [0.25, 0.3) is 0 Å². The summed E-state index contributed by atoms with van der Waals surface area (Å²) in [5, 5.41) is 2.17. The van der Waals surface area contributed by atoms with E-state index >= 15 is 0 Å². The van der Waals surface area contributed by atoms with Crippen LogP contribution in [0.2, 0.25) is 0 Å². The molecule has 84 valence electrons. The van der Waals surface area contributed by atoms with Gasteiger partial charge >= 0.3 is 0 Å². The van der Waals surface area contributed by atoms with Gasteiger partial charge in [-0.15, -0.1) is 11.3 Å². The molecular formula is C12H18BrNS. The smallest absolute Gasteiger partial charge is 0.0331 e. The fourth-order valence-electron chi connectivity index (χ4n) is 2.24. The second-order valence-corrected chi connectivity index (χ2v) is 6.60. The van der Waals surface area contributed by atoms with Crippen molar-refractivity contribution in [3.63, 3.8) is 0 Å². The molecular weight excluding hydrogens is 270 g/mol. The highest BCUT2D eigenvalue weighted by atomic mass is 79.9. The molecule has 2 unspecified atom stereocenters. The van der Waals surface area contributed by atoms with Gasteiger partial charge < -0.3 is 0 Å². The van der Waals surface area contributed by atoms with Crippen molar-refractivity contribution in [2.24, 2.45) is 5.92 Å². The number of hydrogen-bond acceptors (Lipinski definition) is 2. The highest BCUT2D eigenvalue weighted by molar-refractivity contribution is 9.10. The van der Waals surface area contributed by atoms with Gasteiger partial charge in [0.1, 0.15) is 0 Å². The lowest BCUT2D eigenvalue weighted by atomic mass is 9.95. The van der Waals surface area contributed by atoms with Gasteiger partial charge in [-0.1, -0.05) is 6.92 Å². The van der Waals surface area contributed by atoms with Crippen LogP contribution in [0.4, 0.5) is 0 Å².